The van der Waals surface area contributed by atoms with E-state index in [1.54, 1.807) is 6.26 Å². The van der Waals surface area contributed by atoms with Crippen LogP contribution in [0.15, 0.2) is 47.1 Å². The highest BCUT2D eigenvalue weighted by Crippen LogP contribution is 2.27. The van der Waals surface area contributed by atoms with Gasteiger partial charge in [-0.2, -0.15) is 0 Å². The fourth-order valence-corrected chi connectivity index (χ4v) is 2.64. The van der Waals surface area contributed by atoms with E-state index >= 15 is 0 Å². The number of hydrogen-bond acceptors (Lipinski definition) is 4. The maximum Gasteiger partial charge on any atom is 0.271 e. The van der Waals surface area contributed by atoms with Gasteiger partial charge < -0.3 is 9.73 Å². The number of hydrogen-bond donors (Lipinski definition) is 1. The van der Waals surface area contributed by atoms with Crippen molar-refractivity contribution in [3.8, 4) is 0 Å². The summed E-state index contributed by atoms with van der Waals surface area (Å²) in [6.07, 6.45) is 1.67. The maximum atomic E-state index is 12.2. The van der Waals surface area contributed by atoms with Gasteiger partial charge in [-0.25, -0.2) is 0 Å². The Balaban J connectivity index is 1.78. The summed E-state index contributed by atoms with van der Waals surface area (Å²) in [6, 6.07) is 9.66. The van der Waals surface area contributed by atoms with Crippen molar-refractivity contribution in [2.45, 2.75) is 13.3 Å². The zero-order valence-electron chi connectivity index (χ0n) is 12.7. The number of fused-ring (bicyclic) bond motifs is 1. The second-order valence-corrected chi connectivity index (χ2v) is 5.81. The molecule has 0 fully saturated rings. The molecule has 0 aliphatic heterocycles. The molecule has 1 aromatic heterocycles. The van der Waals surface area contributed by atoms with Crippen molar-refractivity contribution in [2.75, 3.05) is 5.32 Å². The number of benzene rings is 2. The molecule has 0 unspecified atom stereocenters. The predicted molar refractivity (Wildman–Crippen MR) is 91.4 cm³/mol. The van der Waals surface area contributed by atoms with Crippen LogP contribution < -0.4 is 5.32 Å². The molecule has 0 atom stereocenters. The van der Waals surface area contributed by atoms with Crippen LogP contribution in [-0.4, -0.2) is 10.8 Å². The van der Waals surface area contributed by atoms with Crippen molar-refractivity contribution >= 4 is 39.9 Å². The third kappa shape index (κ3) is 3.23. The topological polar surface area (TPSA) is 85.4 Å². The van der Waals surface area contributed by atoms with E-state index in [-0.39, 0.29) is 23.0 Å². The molecule has 0 aliphatic rings. The summed E-state index contributed by atoms with van der Waals surface area (Å²) in [5, 5.41) is 14.4. The minimum atomic E-state index is -0.544. The van der Waals surface area contributed by atoms with E-state index in [0.29, 0.717) is 5.69 Å². The molecule has 0 bridgehead atoms. The molecule has 1 amide bonds. The van der Waals surface area contributed by atoms with Gasteiger partial charge in [0.15, 0.2) is 0 Å². The van der Waals surface area contributed by atoms with Gasteiger partial charge in [0.2, 0.25) is 5.91 Å². The molecule has 6 nitrogen and oxygen atoms in total. The summed E-state index contributed by atoms with van der Waals surface area (Å²) in [6.45, 7) is 1.97. The first-order valence-corrected chi connectivity index (χ1v) is 7.52. The highest BCUT2D eigenvalue weighted by molar-refractivity contribution is 6.34. The lowest BCUT2D eigenvalue weighted by molar-refractivity contribution is -0.384. The van der Waals surface area contributed by atoms with Crippen LogP contribution in [0.4, 0.5) is 11.4 Å². The first-order chi connectivity index (χ1) is 11.4. The molecule has 0 spiro atoms. The van der Waals surface area contributed by atoms with Crippen molar-refractivity contribution in [3.63, 3.8) is 0 Å². The van der Waals surface area contributed by atoms with Crippen LogP contribution in [0.1, 0.15) is 11.1 Å². The molecule has 1 heterocycles. The highest BCUT2D eigenvalue weighted by atomic mass is 35.5. The van der Waals surface area contributed by atoms with Gasteiger partial charge in [-0.3, -0.25) is 14.9 Å². The summed E-state index contributed by atoms with van der Waals surface area (Å²) in [5.74, 6) is -0.282. The van der Waals surface area contributed by atoms with Crippen LogP contribution in [0.2, 0.25) is 5.02 Å². The molecule has 0 aliphatic carbocycles. The predicted octanol–water partition coefficient (Wildman–Crippen LogP) is 4.48. The lowest BCUT2D eigenvalue weighted by Crippen LogP contribution is -2.14. The van der Waals surface area contributed by atoms with E-state index < -0.39 is 4.92 Å². The van der Waals surface area contributed by atoms with Crippen LogP contribution in [-0.2, 0) is 11.2 Å². The van der Waals surface area contributed by atoms with Crippen molar-refractivity contribution < 1.29 is 14.1 Å². The van der Waals surface area contributed by atoms with E-state index in [2.05, 4.69) is 5.32 Å². The fourth-order valence-electron chi connectivity index (χ4n) is 2.42. The normalized spacial score (nSPS) is 10.8. The standard InChI is InChI=1S/C17H13ClN2O4/c1-10-2-5-16-13(6-10)11(9-24-16)7-17(21)19-15-4-3-12(20(22)23)8-14(15)18/h2-6,8-9H,7H2,1H3,(H,19,21). The zero-order valence-corrected chi connectivity index (χ0v) is 13.5. The van der Waals surface area contributed by atoms with Gasteiger partial charge in [0.25, 0.3) is 5.69 Å². The number of nitro benzene ring substituents is 1. The number of nitrogens with one attached hydrogen (secondary N) is 1. The molecule has 2 aromatic carbocycles. The number of aryl methyl sites for hydroxylation is 1. The Kier molecular flexibility index (Phi) is 4.22. The molecule has 122 valence electrons. The molecule has 1 N–H and O–H groups in total. The average molecular weight is 345 g/mol. The molecular weight excluding hydrogens is 332 g/mol. The number of furan rings is 1. The van der Waals surface area contributed by atoms with E-state index in [1.165, 1.54) is 18.2 Å². The second kappa shape index (κ2) is 6.33. The Morgan fingerprint density at radius 3 is 2.79 bits per heavy atom. The second-order valence-electron chi connectivity index (χ2n) is 5.41. The zero-order chi connectivity index (χ0) is 17.3. The molecule has 0 saturated heterocycles. The third-order valence-corrected chi connectivity index (χ3v) is 3.91. The van der Waals surface area contributed by atoms with Crippen molar-refractivity contribution in [2.24, 2.45) is 0 Å². The number of amides is 1. The van der Waals surface area contributed by atoms with Crippen molar-refractivity contribution in [1.82, 2.24) is 0 Å². The molecular formula is C17H13ClN2O4. The molecule has 0 radical (unpaired) electrons. The Morgan fingerprint density at radius 1 is 1.29 bits per heavy atom. The van der Waals surface area contributed by atoms with Crippen LogP contribution in [0.5, 0.6) is 0 Å². The molecule has 24 heavy (non-hydrogen) atoms. The monoisotopic (exact) mass is 344 g/mol. The summed E-state index contributed by atoms with van der Waals surface area (Å²) < 4.78 is 5.44. The summed E-state index contributed by atoms with van der Waals surface area (Å²) in [5.41, 5.74) is 2.76. The Morgan fingerprint density at radius 2 is 2.08 bits per heavy atom. The number of carbonyl (C=O) groups is 1. The van der Waals surface area contributed by atoms with Gasteiger partial charge in [0.1, 0.15) is 5.58 Å². The maximum absolute atomic E-state index is 12.2. The first kappa shape index (κ1) is 16.0. The number of anilines is 1. The van der Waals surface area contributed by atoms with E-state index in [4.69, 9.17) is 16.0 Å². The number of rotatable bonds is 4. The summed E-state index contributed by atoms with van der Waals surface area (Å²) in [7, 11) is 0. The Hall–Kier alpha value is -2.86. The number of nitro groups is 1. The molecule has 3 rings (SSSR count). The molecule has 7 heteroatoms. The Bertz CT molecular complexity index is 949. The minimum absolute atomic E-state index is 0.115. The minimum Gasteiger partial charge on any atom is -0.464 e. The van der Waals surface area contributed by atoms with Gasteiger partial charge in [0, 0.05) is 23.1 Å². The van der Waals surface area contributed by atoms with Gasteiger partial charge in [-0.1, -0.05) is 23.2 Å². The van der Waals surface area contributed by atoms with Gasteiger partial charge in [-0.05, 0) is 25.1 Å². The van der Waals surface area contributed by atoms with Crippen molar-refractivity contribution in [1.29, 1.82) is 0 Å². The van der Waals surface area contributed by atoms with Crippen LogP contribution in [0.3, 0.4) is 0 Å². The van der Waals surface area contributed by atoms with Gasteiger partial charge in [0.05, 0.1) is 28.3 Å². The lowest BCUT2D eigenvalue weighted by atomic mass is 10.1. The quantitative estimate of drug-likeness (QED) is 0.558. The summed E-state index contributed by atoms with van der Waals surface area (Å²) >= 11 is 5.98. The average Bonchev–Trinajstić information content (AvgIpc) is 2.91. The van der Waals surface area contributed by atoms with Crippen molar-refractivity contribution in [3.05, 3.63) is 68.9 Å². The third-order valence-electron chi connectivity index (χ3n) is 3.60. The first-order valence-electron chi connectivity index (χ1n) is 7.14. The van der Waals surface area contributed by atoms with Gasteiger partial charge >= 0.3 is 0 Å². The fraction of sp³-hybridized carbons (Fsp3) is 0.118. The van der Waals surface area contributed by atoms with E-state index in [1.807, 2.05) is 25.1 Å². The Labute approximate surface area is 142 Å². The largest absolute Gasteiger partial charge is 0.464 e. The number of non-ortho nitro benzene ring substituents is 1. The van der Waals surface area contributed by atoms with Crippen LogP contribution in [0, 0.1) is 17.0 Å². The van der Waals surface area contributed by atoms with Gasteiger partial charge in [-0.15, -0.1) is 0 Å². The lowest BCUT2D eigenvalue weighted by Gasteiger charge is -2.06. The summed E-state index contributed by atoms with van der Waals surface area (Å²) in [4.78, 5) is 22.4. The number of halogens is 1. The SMILES string of the molecule is Cc1ccc2occ(CC(=O)Nc3ccc([N+](=O)[O-])cc3Cl)c2c1. The smallest absolute Gasteiger partial charge is 0.271 e. The number of nitrogens with zero attached hydrogens (tertiary/aromatic N) is 1. The van der Waals surface area contributed by atoms with E-state index in [0.717, 1.165) is 22.1 Å². The van der Waals surface area contributed by atoms with Crippen LogP contribution >= 0.6 is 11.6 Å². The van der Waals surface area contributed by atoms with Crippen LogP contribution in [0.25, 0.3) is 11.0 Å². The molecule has 0 saturated carbocycles. The number of carbonyl (C=O) groups excluding carboxylic acids is 1. The highest BCUT2D eigenvalue weighted by Gasteiger charge is 2.14. The molecule has 3 aromatic rings. The van der Waals surface area contributed by atoms with E-state index in [9.17, 15) is 14.9 Å².